The molecule has 150 valence electrons. The highest BCUT2D eigenvalue weighted by atomic mass is 16.2. The van der Waals surface area contributed by atoms with E-state index in [4.69, 9.17) is 0 Å². The Kier molecular flexibility index (Phi) is 7.04. The lowest BCUT2D eigenvalue weighted by atomic mass is 9.92. The monoisotopic (exact) mass is 380 g/mol. The molecule has 1 aliphatic rings. The van der Waals surface area contributed by atoms with Crippen LogP contribution in [0.3, 0.4) is 0 Å². The maximum atomic E-state index is 12.7. The van der Waals surface area contributed by atoms with Crippen LogP contribution < -0.4 is 10.6 Å². The van der Waals surface area contributed by atoms with Crippen molar-refractivity contribution in [2.45, 2.75) is 39.3 Å². The zero-order chi connectivity index (χ0) is 19.9. The molecule has 1 aromatic carbocycles. The van der Waals surface area contributed by atoms with Crippen LogP contribution in [0.5, 0.6) is 0 Å². The summed E-state index contributed by atoms with van der Waals surface area (Å²) in [7, 11) is 0. The third-order valence-electron chi connectivity index (χ3n) is 5.25. The second kappa shape index (κ2) is 9.69. The van der Waals surface area contributed by atoms with E-state index < -0.39 is 0 Å². The van der Waals surface area contributed by atoms with Crippen LogP contribution in [0.15, 0.2) is 54.7 Å². The molecule has 0 saturated carbocycles. The van der Waals surface area contributed by atoms with Gasteiger partial charge in [-0.05, 0) is 42.9 Å². The summed E-state index contributed by atoms with van der Waals surface area (Å²) in [5.74, 6) is 1.44. The Morgan fingerprint density at radius 1 is 1.07 bits per heavy atom. The highest BCUT2D eigenvalue weighted by Gasteiger charge is 2.24. The summed E-state index contributed by atoms with van der Waals surface area (Å²) in [6.45, 7) is 9.79. The molecule has 1 fully saturated rings. The van der Waals surface area contributed by atoms with Crippen molar-refractivity contribution in [3.05, 3.63) is 66.0 Å². The van der Waals surface area contributed by atoms with E-state index in [0.29, 0.717) is 0 Å². The van der Waals surface area contributed by atoms with Gasteiger partial charge in [0.1, 0.15) is 0 Å². The number of rotatable bonds is 6. The Balaban J connectivity index is 1.61. The van der Waals surface area contributed by atoms with Crippen molar-refractivity contribution in [1.82, 2.24) is 20.5 Å². The molecule has 0 radical (unpaired) electrons. The Morgan fingerprint density at radius 3 is 2.39 bits per heavy atom. The highest BCUT2D eigenvalue weighted by molar-refractivity contribution is 5.75. The van der Waals surface area contributed by atoms with Gasteiger partial charge in [-0.25, -0.2) is 4.79 Å². The number of amides is 2. The van der Waals surface area contributed by atoms with Crippen molar-refractivity contribution in [3.8, 4) is 0 Å². The quantitative estimate of drug-likeness (QED) is 0.801. The second-order valence-corrected chi connectivity index (χ2v) is 8.28. The smallest absolute Gasteiger partial charge is 0.315 e. The molecule has 0 aliphatic carbocycles. The van der Waals surface area contributed by atoms with Crippen molar-refractivity contribution in [1.29, 1.82) is 0 Å². The lowest BCUT2D eigenvalue weighted by Gasteiger charge is -2.36. The summed E-state index contributed by atoms with van der Waals surface area (Å²) in [6.07, 6.45) is 3.05. The van der Waals surface area contributed by atoms with E-state index in [-0.39, 0.29) is 18.1 Å². The summed E-state index contributed by atoms with van der Waals surface area (Å²) in [5.41, 5.74) is 1.85. The molecule has 28 heavy (non-hydrogen) atoms. The van der Waals surface area contributed by atoms with Gasteiger partial charge in [-0.2, -0.15) is 0 Å². The Bertz CT molecular complexity index is 687. The number of carbonyl (C=O) groups excluding carboxylic acids is 1. The lowest BCUT2D eigenvalue weighted by Crippen LogP contribution is -2.49. The molecule has 5 nitrogen and oxygen atoms in total. The number of nitrogens with zero attached hydrogens (tertiary/aromatic N) is 2. The Morgan fingerprint density at radius 2 is 1.75 bits per heavy atom. The molecule has 5 heteroatoms. The van der Waals surface area contributed by atoms with Crippen molar-refractivity contribution < 1.29 is 4.79 Å². The van der Waals surface area contributed by atoms with Crippen LogP contribution in [-0.2, 0) is 0 Å². The van der Waals surface area contributed by atoms with Crippen molar-refractivity contribution in [2.75, 3.05) is 19.6 Å². The number of pyridine rings is 1. The fourth-order valence-corrected chi connectivity index (χ4v) is 4.29. The summed E-state index contributed by atoms with van der Waals surface area (Å²) in [4.78, 5) is 19.6. The van der Waals surface area contributed by atoms with Crippen LogP contribution in [-0.4, -0.2) is 41.6 Å². The van der Waals surface area contributed by atoms with E-state index in [9.17, 15) is 4.79 Å². The minimum absolute atomic E-state index is 0.0812. The van der Waals surface area contributed by atoms with Gasteiger partial charge in [-0.15, -0.1) is 0 Å². The molecule has 4 atom stereocenters. The lowest BCUT2D eigenvalue weighted by molar-refractivity contribution is 0.131. The van der Waals surface area contributed by atoms with Gasteiger partial charge >= 0.3 is 6.03 Å². The summed E-state index contributed by atoms with van der Waals surface area (Å²) in [6, 6.07) is 15.4. The second-order valence-electron chi connectivity index (χ2n) is 8.28. The van der Waals surface area contributed by atoms with Crippen LogP contribution in [0.25, 0.3) is 0 Å². The van der Waals surface area contributed by atoms with Gasteiger partial charge < -0.3 is 15.5 Å². The molecule has 3 rings (SSSR count). The molecule has 2 N–H and O–H groups in total. The molecule has 2 heterocycles. The average Bonchev–Trinajstić information content (AvgIpc) is 2.66. The first-order chi connectivity index (χ1) is 13.5. The normalized spacial score (nSPS) is 22.2. The number of carbonyl (C=O) groups is 1. The van der Waals surface area contributed by atoms with E-state index in [0.717, 1.165) is 42.7 Å². The van der Waals surface area contributed by atoms with E-state index in [1.54, 1.807) is 6.20 Å². The molecule has 1 saturated heterocycles. The van der Waals surface area contributed by atoms with Crippen molar-refractivity contribution in [2.24, 2.45) is 11.8 Å². The molecule has 2 amide bonds. The first-order valence-corrected chi connectivity index (χ1v) is 10.3. The van der Waals surface area contributed by atoms with Crippen LogP contribution in [0.2, 0.25) is 0 Å². The number of nitrogens with one attached hydrogen (secondary N) is 2. The number of benzene rings is 1. The predicted octanol–water partition coefficient (Wildman–Crippen LogP) is 3.84. The number of piperidine rings is 1. The molecule has 2 aromatic rings. The van der Waals surface area contributed by atoms with Gasteiger partial charge in [0.15, 0.2) is 0 Å². The van der Waals surface area contributed by atoms with Crippen molar-refractivity contribution in [3.63, 3.8) is 0 Å². The van der Waals surface area contributed by atoms with Crippen LogP contribution in [0.4, 0.5) is 4.79 Å². The average molecular weight is 381 g/mol. The van der Waals surface area contributed by atoms with E-state index >= 15 is 0 Å². The zero-order valence-electron chi connectivity index (χ0n) is 17.1. The van der Waals surface area contributed by atoms with Crippen molar-refractivity contribution >= 4 is 6.03 Å². The van der Waals surface area contributed by atoms with Gasteiger partial charge in [-0.3, -0.25) is 4.98 Å². The fourth-order valence-electron chi connectivity index (χ4n) is 4.29. The molecular formula is C23H32N4O. The van der Waals surface area contributed by atoms with E-state index in [1.807, 2.05) is 48.5 Å². The molecule has 0 bridgehead atoms. The van der Waals surface area contributed by atoms with Gasteiger partial charge in [0.2, 0.25) is 0 Å². The number of likely N-dealkylation sites (tertiary alicyclic amines) is 1. The fraction of sp³-hybridized carbons (Fsp3) is 0.478. The third-order valence-corrected chi connectivity index (χ3v) is 5.25. The standard InChI is InChI=1S/C23H32N4O/c1-17-13-18(2)15-27(14-17)16-19(3)25-23(28)26-22(20-9-5-4-6-10-20)21-11-7-8-12-24-21/h4-12,17-19,22H,13-16H2,1-3H3,(H2,25,26,28). The molecule has 0 spiro atoms. The summed E-state index contributed by atoms with van der Waals surface area (Å²) >= 11 is 0. The first kappa shape index (κ1) is 20.3. The SMILES string of the molecule is CC1CC(C)CN(CC(C)NC(=O)NC(c2ccccc2)c2ccccn2)C1. The van der Waals surface area contributed by atoms with Crippen LogP contribution in [0.1, 0.15) is 44.5 Å². The predicted molar refractivity (Wildman–Crippen MR) is 113 cm³/mol. The molecule has 1 aliphatic heterocycles. The number of urea groups is 1. The Hall–Kier alpha value is -2.40. The minimum atomic E-state index is -0.273. The highest BCUT2D eigenvalue weighted by Crippen LogP contribution is 2.21. The summed E-state index contributed by atoms with van der Waals surface area (Å²) in [5, 5.41) is 6.21. The van der Waals surface area contributed by atoms with Crippen LogP contribution >= 0.6 is 0 Å². The van der Waals surface area contributed by atoms with Gasteiger partial charge in [-0.1, -0.05) is 50.2 Å². The first-order valence-electron chi connectivity index (χ1n) is 10.3. The van der Waals surface area contributed by atoms with Gasteiger partial charge in [0.25, 0.3) is 0 Å². The number of aromatic nitrogens is 1. The Labute approximate surface area is 168 Å². The van der Waals surface area contributed by atoms with Gasteiger partial charge in [0.05, 0.1) is 11.7 Å². The van der Waals surface area contributed by atoms with E-state index in [2.05, 4.69) is 41.3 Å². The van der Waals surface area contributed by atoms with Gasteiger partial charge in [0, 0.05) is 31.9 Å². The topological polar surface area (TPSA) is 57.3 Å². The third kappa shape index (κ3) is 5.80. The number of hydrogen-bond donors (Lipinski definition) is 2. The molecule has 1 aromatic heterocycles. The minimum Gasteiger partial charge on any atom is -0.334 e. The largest absolute Gasteiger partial charge is 0.334 e. The summed E-state index contributed by atoms with van der Waals surface area (Å²) < 4.78 is 0. The van der Waals surface area contributed by atoms with Crippen LogP contribution in [0, 0.1) is 11.8 Å². The number of hydrogen-bond acceptors (Lipinski definition) is 3. The maximum Gasteiger partial charge on any atom is 0.315 e. The zero-order valence-corrected chi connectivity index (χ0v) is 17.1. The molecule has 4 unspecified atom stereocenters. The van der Waals surface area contributed by atoms with E-state index in [1.165, 1.54) is 6.42 Å². The molecular weight excluding hydrogens is 348 g/mol. The maximum absolute atomic E-state index is 12.7.